The lowest BCUT2D eigenvalue weighted by Gasteiger charge is -2.06. The Labute approximate surface area is 239 Å². The van der Waals surface area contributed by atoms with Crippen molar-refractivity contribution in [3.63, 3.8) is 0 Å². The van der Waals surface area contributed by atoms with Gasteiger partial charge in [-0.2, -0.15) is 0 Å². The summed E-state index contributed by atoms with van der Waals surface area (Å²) in [5.74, 6) is -0.0406. The Morgan fingerprint density at radius 3 is 1.37 bits per heavy atom. The van der Waals surface area contributed by atoms with Crippen LogP contribution in [-0.2, 0) is 9.53 Å². The first kappa shape index (κ1) is 37.2. The zero-order chi connectivity index (χ0) is 27.6. The molecule has 0 unspecified atom stereocenters. The van der Waals surface area contributed by atoms with Gasteiger partial charge in [0.1, 0.15) is 6.61 Å². The second kappa shape index (κ2) is 34.2. The largest absolute Gasteiger partial charge is 0.461 e. The molecule has 1 N–H and O–H groups in total. The Bertz CT molecular complexity index is 477. The number of esters is 1. The van der Waals surface area contributed by atoms with Crippen molar-refractivity contribution in [2.45, 2.75) is 187 Å². The SMILES string of the molecule is CCCCCC/C=C\COC(=O)CCCCCCCNCCCCCCCCCCCCCCCCCC. The van der Waals surface area contributed by atoms with Gasteiger partial charge < -0.3 is 10.1 Å². The van der Waals surface area contributed by atoms with Crippen LogP contribution in [0.2, 0.25) is 0 Å². The van der Waals surface area contributed by atoms with Crippen molar-refractivity contribution in [1.82, 2.24) is 5.32 Å². The van der Waals surface area contributed by atoms with E-state index < -0.39 is 0 Å². The van der Waals surface area contributed by atoms with Crippen molar-refractivity contribution in [2.24, 2.45) is 0 Å². The van der Waals surface area contributed by atoms with Crippen LogP contribution in [0.1, 0.15) is 187 Å². The summed E-state index contributed by atoms with van der Waals surface area (Å²) in [6.45, 7) is 7.29. The van der Waals surface area contributed by atoms with E-state index in [1.807, 2.05) is 6.08 Å². The Balaban J connectivity index is 3.14. The molecule has 0 aliphatic heterocycles. The van der Waals surface area contributed by atoms with Crippen LogP contribution in [0.3, 0.4) is 0 Å². The van der Waals surface area contributed by atoms with Gasteiger partial charge in [-0.05, 0) is 45.2 Å². The van der Waals surface area contributed by atoms with Crippen LogP contribution in [0.5, 0.6) is 0 Å². The van der Waals surface area contributed by atoms with E-state index in [0.717, 1.165) is 25.8 Å². The second-order valence-corrected chi connectivity index (χ2v) is 11.6. The fourth-order valence-corrected chi connectivity index (χ4v) is 5.06. The zero-order valence-electron chi connectivity index (χ0n) is 26.2. The van der Waals surface area contributed by atoms with E-state index in [4.69, 9.17) is 4.74 Å². The Kier molecular flexibility index (Phi) is 33.5. The van der Waals surface area contributed by atoms with Crippen molar-refractivity contribution in [3.05, 3.63) is 12.2 Å². The molecule has 0 rings (SSSR count). The van der Waals surface area contributed by atoms with Gasteiger partial charge in [-0.25, -0.2) is 0 Å². The minimum absolute atomic E-state index is 0.0406. The quantitative estimate of drug-likeness (QED) is 0.0528. The van der Waals surface area contributed by atoms with Gasteiger partial charge in [-0.1, -0.05) is 161 Å². The summed E-state index contributed by atoms with van der Waals surface area (Å²) in [6.07, 6.45) is 39.7. The van der Waals surface area contributed by atoms with E-state index in [1.54, 1.807) is 0 Å². The number of carbonyl (C=O) groups is 1. The summed E-state index contributed by atoms with van der Waals surface area (Å²) in [5, 5.41) is 3.61. The zero-order valence-corrected chi connectivity index (χ0v) is 26.2. The molecule has 0 heterocycles. The van der Waals surface area contributed by atoms with Crippen molar-refractivity contribution in [2.75, 3.05) is 19.7 Å². The van der Waals surface area contributed by atoms with E-state index >= 15 is 0 Å². The average Bonchev–Trinajstić information content (AvgIpc) is 2.92. The van der Waals surface area contributed by atoms with Crippen LogP contribution in [0, 0.1) is 0 Å². The lowest BCUT2D eigenvalue weighted by atomic mass is 10.0. The summed E-state index contributed by atoms with van der Waals surface area (Å²) in [4.78, 5) is 11.8. The summed E-state index contributed by atoms with van der Waals surface area (Å²) in [6, 6.07) is 0. The third-order valence-corrected chi connectivity index (χ3v) is 7.67. The van der Waals surface area contributed by atoms with Gasteiger partial charge in [0.15, 0.2) is 0 Å². The Morgan fingerprint density at radius 2 is 0.895 bits per heavy atom. The van der Waals surface area contributed by atoms with Crippen molar-refractivity contribution in [1.29, 1.82) is 0 Å². The average molecular weight is 536 g/mol. The number of hydrogen-bond donors (Lipinski definition) is 1. The number of ether oxygens (including phenoxy) is 1. The molecule has 0 aliphatic rings. The van der Waals surface area contributed by atoms with E-state index in [9.17, 15) is 4.79 Å². The predicted molar refractivity (Wildman–Crippen MR) is 169 cm³/mol. The molecule has 0 radical (unpaired) electrons. The molecule has 0 saturated heterocycles. The molecule has 0 bridgehead atoms. The first-order valence-corrected chi connectivity index (χ1v) is 17.3. The van der Waals surface area contributed by atoms with E-state index in [1.165, 1.54) is 154 Å². The third kappa shape index (κ3) is 33.2. The molecule has 0 fully saturated rings. The van der Waals surface area contributed by atoms with E-state index in [-0.39, 0.29) is 5.97 Å². The fraction of sp³-hybridized carbons (Fsp3) is 0.914. The molecule has 0 aliphatic carbocycles. The monoisotopic (exact) mass is 536 g/mol. The Hall–Kier alpha value is -0.830. The van der Waals surface area contributed by atoms with E-state index in [0.29, 0.717) is 13.0 Å². The molecule has 0 aromatic carbocycles. The molecule has 0 atom stereocenters. The van der Waals surface area contributed by atoms with Gasteiger partial charge in [0.25, 0.3) is 0 Å². The summed E-state index contributed by atoms with van der Waals surface area (Å²) >= 11 is 0. The highest BCUT2D eigenvalue weighted by molar-refractivity contribution is 5.69. The number of hydrogen-bond acceptors (Lipinski definition) is 3. The van der Waals surface area contributed by atoms with Crippen molar-refractivity contribution in [3.8, 4) is 0 Å². The number of allylic oxidation sites excluding steroid dienone is 1. The van der Waals surface area contributed by atoms with E-state index in [2.05, 4.69) is 25.2 Å². The highest BCUT2D eigenvalue weighted by atomic mass is 16.5. The molecule has 0 aromatic heterocycles. The minimum atomic E-state index is -0.0406. The molecule has 38 heavy (non-hydrogen) atoms. The van der Waals surface area contributed by atoms with Crippen LogP contribution >= 0.6 is 0 Å². The fourth-order valence-electron chi connectivity index (χ4n) is 5.06. The molecular formula is C35H69NO2. The molecule has 226 valence electrons. The lowest BCUT2D eigenvalue weighted by molar-refractivity contribution is -0.142. The van der Waals surface area contributed by atoms with Crippen LogP contribution in [-0.4, -0.2) is 25.7 Å². The molecule has 0 aromatic rings. The molecule has 3 heteroatoms. The number of nitrogens with one attached hydrogen (secondary N) is 1. The standard InChI is InChI=1S/C35H69NO2/c1-3-5-7-9-11-12-13-14-15-16-17-18-19-20-24-28-32-36-33-29-25-22-23-27-31-35(37)38-34-30-26-21-10-8-6-4-2/h26,30,36H,3-25,27-29,31-34H2,1-2H3/b30-26-. The number of unbranched alkanes of at least 4 members (excludes halogenated alkanes) is 23. The van der Waals surface area contributed by atoms with Crippen molar-refractivity contribution >= 4 is 5.97 Å². The predicted octanol–water partition coefficient (Wildman–Crippen LogP) is 11.2. The normalized spacial score (nSPS) is 11.5. The van der Waals surface area contributed by atoms with Crippen LogP contribution in [0.25, 0.3) is 0 Å². The molecule has 3 nitrogen and oxygen atoms in total. The second-order valence-electron chi connectivity index (χ2n) is 11.6. The minimum Gasteiger partial charge on any atom is -0.461 e. The van der Waals surface area contributed by atoms with Gasteiger partial charge in [0, 0.05) is 6.42 Å². The summed E-state index contributed by atoms with van der Waals surface area (Å²) in [7, 11) is 0. The highest BCUT2D eigenvalue weighted by Crippen LogP contribution is 2.13. The highest BCUT2D eigenvalue weighted by Gasteiger charge is 2.01. The van der Waals surface area contributed by atoms with Gasteiger partial charge in [-0.3, -0.25) is 4.79 Å². The number of rotatable bonds is 32. The topological polar surface area (TPSA) is 38.3 Å². The Morgan fingerprint density at radius 1 is 0.500 bits per heavy atom. The van der Waals surface area contributed by atoms with Gasteiger partial charge in [0.2, 0.25) is 0 Å². The molecule has 0 saturated carbocycles. The lowest BCUT2D eigenvalue weighted by Crippen LogP contribution is -2.16. The first-order chi connectivity index (χ1) is 18.8. The van der Waals surface area contributed by atoms with Crippen LogP contribution in [0.4, 0.5) is 0 Å². The van der Waals surface area contributed by atoms with Gasteiger partial charge in [0.05, 0.1) is 0 Å². The van der Waals surface area contributed by atoms with Gasteiger partial charge in [-0.15, -0.1) is 0 Å². The van der Waals surface area contributed by atoms with Crippen LogP contribution < -0.4 is 5.32 Å². The number of carbonyl (C=O) groups excluding carboxylic acids is 1. The maximum atomic E-state index is 11.8. The van der Waals surface area contributed by atoms with Crippen molar-refractivity contribution < 1.29 is 9.53 Å². The summed E-state index contributed by atoms with van der Waals surface area (Å²) in [5.41, 5.74) is 0. The smallest absolute Gasteiger partial charge is 0.306 e. The third-order valence-electron chi connectivity index (χ3n) is 7.67. The molecule has 0 amide bonds. The maximum absolute atomic E-state index is 11.8. The van der Waals surface area contributed by atoms with Crippen LogP contribution in [0.15, 0.2) is 12.2 Å². The first-order valence-electron chi connectivity index (χ1n) is 17.3. The van der Waals surface area contributed by atoms with Gasteiger partial charge >= 0.3 is 5.97 Å². The summed E-state index contributed by atoms with van der Waals surface area (Å²) < 4.78 is 5.29. The maximum Gasteiger partial charge on any atom is 0.306 e. The molecular weight excluding hydrogens is 466 g/mol. The molecule has 0 spiro atoms.